The normalized spacial score (nSPS) is 16.6. The third-order valence-corrected chi connectivity index (χ3v) is 5.33. The predicted molar refractivity (Wildman–Crippen MR) is 90.5 cm³/mol. The first kappa shape index (κ1) is 15.0. The molecular weight excluding hydrogens is 294 g/mol. The van der Waals surface area contributed by atoms with Crippen molar-refractivity contribution >= 4 is 22.9 Å². The van der Waals surface area contributed by atoms with Crippen molar-refractivity contribution in [2.24, 2.45) is 0 Å². The SMILES string of the molecule is CC(=O)N1CCN(c2ccc(C(C)c3cccs3)nc2)CC1. The zero-order valence-electron chi connectivity index (χ0n) is 13.0. The van der Waals surface area contributed by atoms with Crippen molar-refractivity contribution in [3.63, 3.8) is 0 Å². The lowest BCUT2D eigenvalue weighted by Crippen LogP contribution is -2.48. The maximum Gasteiger partial charge on any atom is 0.219 e. The third-order valence-electron chi connectivity index (χ3n) is 4.27. The summed E-state index contributed by atoms with van der Waals surface area (Å²) in [6, 6.07) is 8.51. The third kappa shape index (κ3) is 3.14. The molecule has 0 radical (unpaired) electrons. The zero-order valence-corrected chi connectivity index (χ0v) is 13.8. The molecule has 3 heterocycles. The molecule has 1 amide bonds. The van der Waals surface area contributed by atoms with Crippen molar-refractivity contribution in [1.82, 2.24) is 9.88 Å². The Morgan fingerprint density at radius 1 is 1.23 bits per heavy atom. The Morgan fingerprint density at radius 2 is 2.00 bits per heavy atom. The fourth-order valence-electron chi connectivity index (χ4n) is 2.80. The number of hydrogen-bond acceptors (Lipinski definition) is 4. The molecule has 116 valence electrons. The van der Waals surface area contributed by atoms with Gasteiger partial charge in [0, 0.05) is 49.6 Å². The average Bonchev–Trinajstić information content (AvgIpc) is 3.09. The minimum Gasteiger partial charge on any atom is -0.367 e. The number of carbonyl (C=O) groups excluding carboxylic acids is 1. The van der Waals surface area contributed by atoms with Crippen LogP contribution in [0.1, 0.15) is 30.3 Å². The maximum atomic E-state index is 11.4. The van der Waals surface area contributed by atoms with E-state index in [4.69, 9.17) is 0 Å². The van der Waals surface area contributed by atoms with Gasteiger partial charge in [-0.3, -0.25) is 9.78 Å². The molecule has 0 bridgehead atoms. The first-order valence-corrected chi connectivity index (χ1v) is 8.53. The standard InChI is InChI=1S/C17H21N3OS/c1-13(17-4-3-11-22-17)16-6-5-15(12-18-16)20-9-7-19(8-10-20)14(2)21/h3-6,11-13H,7-10H2,1-2H3. The summed E-state index contributed by atoms with van der Waals surface area (Å²) in [7, 11) is 0. The molecule has 4 nitrogen and oxygen atoms in total. The second-order valence-corrected chi connectivity index (χ2v) is 6.65. The summed E-state index contributed by atoms with van der Waals surface area (Å²) in [6.45, 7) is 7.17. The van der Waals surface area contributed by atoms with Crippen molar-refractivity contribution in [3.8, 4) is 0 Å². The van der Waals surface area contributed by atoms with Crippen LogP contribution in [-0.2, 0) is 4.79 Å². The summed E-state index contributed by atoms with van der Waals surface area (Å²) in [5, 5.41) is 2.11. The van der Waals surface area contributed by atoms with Gasteiger partial charge in [0.05, 0.1) is 11.9 Å². The lowest BCUT2D eigenvalue weighted by molar-refractivity contribution is -0.129. The van der Waals surface area contributed by atoms with E-state index in [9.17, 15) is 4.79 Å². The van der Waals surface area contributed by atoms with E-state index in [-0.39, 0.29) is 5.91 Å². The fourth-order valence-corrected chi connectivity index (χ4v) is 3.60. The van der Waals surface area contributed by atoms with Gasteiger partial charge in [-0.25, -0.2) is 0 Å². The summed E-state index contributed by atoms with van der Waals surface area (Å²) >= 11 is 1.77. The van der Waals surface area contributed by atoms with Crippen molar-refractivity contribution in [3.05, 3.63) is 46.4 Å². The van der Waals surface area contributed by atoms with Gasteiger partial charge in [-0.2, -0.15) is 0 Å². The highest BCUT2D eigenvalue weighted by molar-refractivity contribution is 7.10. The largest absolute Gasteiger partial charge is 0.367 e. The number of hydrogen-bond donors (Lipinski definition) is 0. The van der Waals surface area contributed by atoms with Gasteiger partial charge in [-0.1, -0.05) is 13.0 Å². The molecule has 1 atom stereocenters. The molecular formula is C17H21N3OS. The van der Waals surface area contributed by atoms with Crippen LogP contribution in [0.5, 0.6) is 0 Å². The zero-order chi connectivity index (χ0) is 15.5. The molecule has 3 rings (SSSR count). The Hall–Kier alpha value is -1.88. The van der Waals surface area contributed by atoms with Crippen LogP contribution in [0.15, 0.2) is 35.8 Å². The van der Waals surface area contributed by atoms with Crippen LogP contribution < -0.4 is 4.90 Å². The minimum absolute atomic E-state index is 0.165. The molecule has 0 aliphatic carbocycles. The molecule has 1 unspecified atom stereocenters. The van der Waals surface area contributed by atoms with Gasteiger partial charge in [0.1, 0.15) is 0 Å². The Morgan fingerprint density at radius 3 is 2.55 bits per heavy atom. The van der Waals surface area contributed by atoms with Crippen LogP contribution in [0.2, 0.25) is 0 Å². The number of piperazine rings is 1. The van der Waals surface area contributed by atoms with Gasteiger partial charge < -0.3 is 9.80 Å². The van der Waals surface area contributed by atoms with Gasteiger partial charge in [0.15, 0.2) is 0 Å². The van der Waals surface area contributed by atoms with E-state index in [2.05, 4.69) is 46.5 Å². The molecule has 0 N–H and O–H groups in total. The molecule has 22 heavy (non-hydrogen) atoms. The van der Waals surface area contributed by atoms with Crippen LogP contribution in [0.3, 0.4) is 0 Å². The number of carbonyl (C=O) groups is 1. The highest BCUT2D eigenvalue weighted by atomic mass is 32.1. The van der Waals surface area contributed by atoms with Crippen LogP contribution in [-0.4, -0.2) is 42.0 Å². The van der Waals surface area contributed by atoms with Crippen LogP contribution in [0, 0.1) is 0 Å². The molecule has 2 aromatic heterocycles. The number of rotatable bonds is 3. The number of nitrogens with zero attached hydrogens (tertiary/aromatic N) is 3. The first-order chi connectivity index (χ1) is 10.6. The molecule has 1 aliphatic rings. The smallest absolute Gasteiger partial charge is 0.219 e. The summed E-state index contributed by atoms with van der Waals surface area (Å²) in [4.78, 5) is 21.6. The van der Waals surface area contributed by atoms with Gasteiger partial charge in [-0.15, -0.1) is 11.3 Å². The Labute approximate surface area is 135 Å². The summed E-state index contributed by atoms with van der Waals surface area (Å²) in [5.74, 6) is 0.501. The number of anilines is 1. The molecule has 1 fully saturated rings. The highest BCUT2D eigenvalue weighted by Gasteiger charge is 2.19. The van der Waals surface area contributed by atoms with Crippen molar-refractivity contribution in [1.29, 1.82) is 0 Å². The van der Waals surface area contributed by atoms with E-state index in [1.54, 1.807) is 18.3 Å². The predicted octanol–water partition coefficient (Wildman–Crippen LogP) is 2.96. The van der Waals surface area contributed by atoms with Gasteiger partial charge in [-0.05, 0) is 23.6 Å². The second-order valence-electron chi connectivity index (χ2n) is 5.67. The van der Waals surface area contributed by atoms with E-state index in [1.165, 1.54) is 4.88 Å². The molecule has 2 aromatic rings. The number of aromatic nitrogens is 1. The Kier molecular flexibility index (Phi) is 4.43. The number of thiophene rings is 1. The molecule has 0 spiro atoms. The molecule has 1 saturated heterocycles. The topological polar surface area (TPSA) is 36.4 Å². The van der Waals surface area contributed by atoms with Crippen molar-refractivity contribution < 1.29 is 4.79 Å². The molecule has 0 aromatic carbocycles. The highest BCUT2D eigenvalue weighted by Crippen LogP contribution is 2.27. The van der Waals surface area contributed by atoms with E-state index in [1.807, 2.05) is 11.1 Å². The Balaban J connectivity index is 1.66. The van der Waals surface area contributed by atoms with Crippen LogP contribution in [0.25, 0.3) is 0 Å². The van der Waals surface area contributed by atoms with E-state index < -0.39 is 0 Å². The van der Waals surface area contributed by atoms with E-state index in [0.717, 1.165) is 37.6 Å². The molecule has 1 aliphatic heterocycles. The molecule has 5 heteroatoms. The second kappa shape index (κ2) is 6.48. The monoisotopic (exact) mass is 315 g/mol. The number of pyridine rings is 1. The van der Waals surface area contributed by atoms with Crippen molar-refractivity contribution in [2.75, 3.05) is 31.1 Å². The quantitative estimate of drug-likeness (QED) is 0.874. The van der Waals surface area contributed by atoms with Gasteiger partial charge >= 0.3 is 0 Å². The average molecular weight is 315 g/mol. The lowest BCUT2D eigenvalue weighted by atomic mass is 10.1. The first-order valence-electron chi connectivity index (χ1n) is 7.65. The van der Waals surface area contributed by atoms with Crippen LogP contribution in [0.4, 0.5) is 5.69 Å². The molecule has 0 saturated carbocycles. The Bertz CT molecular complexity index is 616. The maximum absolute atomic E-state index is 11.4. The summed E-state index contributed by atoms with van der Waals surface area (Å²) in [5.41, 5.74) is 2.25. The van der Waals surface area contributed by atoms with Crippen LogP contribution >= 0.6 is 11.3 Å². The van der Waals surface area contributed by atoms with Crippen molar-refractivity contribution in [2.45, 2.75) is 19.8 Å². The van der Waals surface area contributed by atoms with Gasteiger partial charge in [0.25, 0.3) is 0 Å². The summed E-state index contributed by atoms with van der Waals surface area (Å²) < 4.78 is 0. The van der Waals surface area contributed by atoms with E-state index in [0.29, 0.717) is 5.92 Å². The lowest BCUT2D eigenvalue weighted by Gasteiger charge is -2.35. The fraction of sp³-hybridized carbons (Fsp3) is 0.412. The minimum atomic E-state index is 0.165. The number of amides is 1. The summed E-state index contributed by atoms with van der Waals surface area (Å²) in [6.07, 6.45) is 1.96. The van der Waals surface area contributed by atoms with E-state index >= 15 is 0 Å². The van der Waals surface area contributed by atoms with Gasteiger partial charge in [0.2, 0.25) is 5.91 Å².